The van der Waals surface area contributed by atoms with Crippen LogP contribution in [0.4, 0.5) is 35.0 Å². The summed E-state index contributed by atoms with van der Waals surface area (Å²) in [5, 5.41) is 7.47. The summed E-state index contributed by atoms with van der Waals surface area (Å²) >= 11 is 0. The van der Waals surface area contributed by atoms with Gasteiger partial charge in [-0.25, -0.2) is 22.1 Å². The van der Waals surface area contributed by atoms with E-state index in [-0.39, 0.29) is 29.3 Å². The van der Waals surface area contributed by atoms with Crippen LogP contribution in [0.25, 0.3) is 16.8 Å². The number of aryl methyl sites for hydroxylation is 1. The standard InChI is InChI=1S/C25H32F2N8O.C3H6F2/c1-5-25(12-36-13-25)34-9-8-19(16(26)10-34)31-24-32-23(28)22-21(17(27)11-35(22)33-24)20-7-6-18(15(4)30-20)29-14(2)3;1-2-3(4)5/h6-7,11,16,19H,5,8-10,12-13H2,1-4H3,(H3,28,31,32,33);3H,2H2,1H3. The normalized spacial score (nSPS) is 20.3. The molecule has 0 amide bonds. The molecule has 2 saturated heterocycles. The average molecular weight is 579 g/mol. The van der Waals surface area contributed by atoms with Crippen molar-refractivity contribution in [3.8, 4) is 11.3 Å². The maximum atomic E-state index is 15.1. The molecule has 5 rings (SSSR count). The van der Waals surface area contributed by atoms with Crippen molar-refractivity contribution in [3.63, 3.8) is 0 Å². The van der Waals surface area contributed by atoms with Gasteiger partial charge in [0, 0.05) is 25.2 Å². The zero-order valence-electron chi connectivity index (χ0n) is 24.1. The molecule has 0 saturated carbocycles. The number of nitrogens with zero attached hydrogens (tertiary/aromatic N) is 6. The number of anilines is 2. The number of halogens is 4. The van der Waals surface area contributed by atoms with Gasteiger partial charge in [0.15, 0.2) is 11.6 Å². The summed E-state index contributed by atoms with van der Waals surface area (Å²) in [4.78, 5) is 15.5. The predicted octanol–water partition coefficient (Wildman–Crippen LogP) is 5.60. The molecule has 2 unspecified atom stereocenters. The van der Waals surface area contributed by atoms with Crippen LogP contribution in [0.1, 0.15) is 52.7 Å². The van der Waals surface area contributed by atoms with E-state index in [1.807, 2.05) is 20.8 Å². The van der Waals surface area contributed by atoms with Crippen LogP contribution < -0.4 is 11.1 Å². The van der Waals surface area contributed by atoms with Gasteiger partial charge in [0.25, 0.3) is 0 Å². The molecule has 2 aliphatic rings. The zero-order valence-corrected chi connectivity index (χ0v) is 24.1. The summed E-state index contributed by atoms with van der Waals surface area (Å²) in [5.74, 6) is -0.277. The summed E-state index contributed by atoms with van der Waals surface area (Å²) in [6.45, 7) is 11.5. The van der Waals surface area contributed by atoms with E-state index in [4.69, 9.17) is 10.5 Å². The van der Waals surface area contributed by atoms with Gasteiger partial charge in [0.2, 0.25) is 12.4 Å². The SMILES string of the molecule is CCC(F)F.CCC1(N2CCC(Nc3nc(N)c4c(-c5ccc(N=C(C)C)c(C)n5)c(F)cn4n3)C(F)C2)COC1. The number of aliphatic imine (C=N–C) groups is 1. The number of fused-ring (bicyclic) bond motifs is 1. The Morgan fingerprint density at radius 1 is 1.24 bits per heavy atom. The van der Waals surface area contributed by atoms with E-state index in [0.717, 1.165) is 24.4 Å². The maximum absolute atomic E-state index is 15.1. The van der Waals surface area contributed by atoms with E-state index in [1.54, 1.807) is 12.1 Å². The van der Waals surface area contributed by atoms with Gasteiger partial charge in [-0.1, -0.05) is 13.8 Å². The van der Waals surface area contributed by atoms with E-state index in [1.165, 1.54) is 17.6 Å². The predicted molar refractivity (Wildman–Crippen MR) is 152 cm³/mol. The minimum atomic E-state index is -2.12. The molecule has 0 aliphatic carbocycles. The molecule has 3 aromatic rings. The fraction of sp³-hybridized carbons (Fsp3) is 0.571. The van der Waals surface area contributed by atoms with Gasteiger partial charge in [0.1, 0.15) is 11.7 Å². The number of rotatable bonds is 7. The first-order valence-electron chi connectivity index (χ1n) is 13.8. The Balaban J connectivity index is 0.000000714. The van der Waals surface area contributed by atoms with Crippen molar-refractivity contribution in [2.45, 2.75) is 78.1 Å². The number of piperidine rings is 1. The summed E-state index contributed by atoms with van der Waals surface area (Å²) < 4.78 is 58.5. The van der Waals surface area contributed by atoms with Crippen molar-refractivity contribution < 1.29 is 22.3 Å². The first-order chi connectivity index (χ1) is 19.5. The number of nitrogen functional groups attached to an aromatic ring is 1. The van der Waals surface area contributed by atoms with Crippen LogP contribution in [-0.4, -0.2) is 80.7 Å². The van der Waals surface area contributed by atoms with Gasteiger partial charge in [-0.2, -0.15) is 4.98 Å². The molecule has 3 aromatic heterocycles. The van der Waals surface area contributed by atoms with Gasteiger partial charge < -0.3 is 15.8 Å². The summed E-state index contributed by atoms with van der Waals surface area (Å²) in [6, 6.07) is 3.04. The minimum Gasteiger partial charge on any atom is -0.382 e. The van der Waals surface area contributed by atoms with Gasteiger partial charge in [-0.05, 0) is 45.7 Å². The molecule has 0 aromatic carbocycles. The second-order valence-corrected chi connectivity index (χ2v) is 10.7. The van der Waals surface area contributed by atoms with E-state index < -0.39 is 24.5 Å². The number of aromatic nitrogens is 4. The first kappa shape index (κ1) is 30.6. The molecule has 13 heteroatoms. The highest BCUT2D eigenvalue weighted by molar-refractivity contribution is 5.88. The average Bonchev–Trinajstić information content (AvgIpc) is 3.22. The minimum absolute atomic E-state index is 0.0278. The summed E-state index contributed by atoms with van der Waals surface area (Å²) in [5.41, 5.74) is 9.44. The van der Waals surface area contributed by atoms with Gasteiger partial charge in [0.05, 0.1) is 53.6 Å². The van der Waals surface area contributed by atoms with E-state index >= 15 is 8.78 Å². The molecule has 0 radical (unpaired) electrons. The number of alkyl halides is 3. The Hall–Kier alpha value is -3.32. The third-order valence-corrected chi connectivity index (χ3v) is 7.50. The van der Waals surface area contributed by atoms with Gasteiger partial charge >= 0.3 is 0 Å². The smallest absolute Gasteiger partial charge is 0.243 e. The molecule has 5 heterocycles. The van der Waals surface area contributed by atoms with Crippen LogP contribution in [0.3, 0.4) is 0 Å². The zero-order chi connectivity index (χ0) is 29.9. The van der Waals surface area contributed by atoms with E-state index in [9.17, 15) is 8.78 Å². The van der Waals surface area contributed by atoms with E-state index in [0.29, 0.717) is 43.1 Å². The topological polar surface area (TPSA) is 106 Å². The summed E-state index contributed by atoms with van der Waals surface area (Å²) in [7, 11) is 0. The molecule has 2 fully saturated rings. The molecule has 2 aliphatic heterocycles. The fourth-order valence-electron chi connectivity index (χ4n) is 5.05. The number of ether oxygens (including phenoxy) is 1. The van der Waals surface area contributed by atoms with Crippen LogP contribution in [-0.2, 0) is 4.74 Å². The van der Waals surface area contributed by atoms with Gasteiger partial charge in [-0.15, -0.1) is 5.10 Å². The van der Waals surface area contributed by atoms with Crippen molar-refractivity contribution >= 4 is 28.7 Å². The van der Waals surface area contributed by atoms with Crippen LogP contribution in [0.5, 0.6) is 0 Å². The lowest BCUT2D eigenvalue weighted by atomic mass is 9.88. The molecule has 9 nitrogen and oxygen atoms in total. The second-order valence-electron chi connectivity index (χ2n) is 10.7. The lowest BCUT2D eigenvalue weighted by Gasteiger charge is -2.52. The highest BCUT2D eigenvalue weighted by Gasteiger charge is 2.46. The number of nitrogens with two attached hydrogens (primary N) is 1. The summed E-state index contributed by atoms with van der Waals surface area (Å²) in [6.07, 6.45) is -0.497. The van der Waals surface area contributed by atoms with Crippen molar-refractivity contribution in [2.24, 2.45) is 4.99 Å². The Labute approximate surface area is 237 Å². The largest absolute Gasteiger partial charge is 0.382 e. The Morgan fingerprint density at radius 2 is 1.95 bits per heavy atom. The van der Waals surface area contributed by atoms with Crippen molar-refractivity contribution in [1.82, 2.24) is 24.5 Å². The fourth-order valence-corrected chi connectivity index (χ4v) is 5.05. The van der Waals surface area contributed by atoms with Crippen molar-refractivity contribution in [1.29, 1.82) is 0 Å². The maximum Gasteiger partial charge on any atom is 0.243 e. The second kappa shape index (κ2) is 12.7. The monoisotopic (exact) mass is 578 g/mol. The van der Waals surface area contributed by atoms with E-state index in [2.05, 4.69) is 37.2 Å². The lowest BCUT2D eigenvalue weighted by molar-refractivity contribution is -0.153. The Morgan fingerprint density at radius 3 is 2.49 bits per heavy atom. The highest BCUT2D eigenvalue weighted by Crippen LogP contribution is 2.34. The quantitative estimate of drug-likeness (QED) is 0.278. The third-order valence-electron chi connectivity index (χ3n) is 7.50. The van der Waals surface area contributed by atoms with Crippen LogP contribution >= 0.6 is 0 Å². The molecule has 0 spiro atoms. The number of hydrogen-bond acceptors (Lipinski definition) is 8. The number of nitrogens with one attached hydrogen (secondary N) is 1. The van der Waals surface area contributed by atoms with Crippen LogP contribution in [0, 0.1) is 12.7 Å². The molecule has 3 N–H and O–H groups in total. The Kier molecular flexibility index (Phi) is 9.48. The number of hydrogen-bond donors (Lipinski definition) is 2. The molecule has 2 atom stereocenters. The van der Waals surface area contributed by atoms with Gasteiger partial charge in [-0.3, -0.25) is 14.9 Å². The Bertz CT molecular complexity index is 1380. The van der Waals surface area contributed by atoms with Crippen molar-refractivity contribution in [2.75, 3.05) is 37.4 Å². The number of pyridine rings is 1. The molecular formula is C28H38F4N8O. The lowest BCUT2D eigenvalue weighted by Crippen LogP contribution is -2.66. The van der Waals surface area contributed by atoms with Crippen molar-refractivity contribution in [3.05, 3.63) is 29.8 Å². The van der Waals surface area contributed by atoms with Crippen LogP contribution in [0.2, 0.25) is 0 Å². The highest BCUT2D eigenvalue weighted by atomic mass is 19.3. The first-order valence-corrected chi connectivity index (χ1v) is 13.8. The molecule has 0 bridgehead atoms. The molecule has 224 valence electrons. The number of likely N-dealkylation sites (tertiary alicyclic amines) is 1. The third kappa shape index (κ3) is 6.61. The molecule has 41 heavy (non-hydrogen) atoms. The van der Waals surface area contributed by atoms with Crippen LogP contribution in [0.15, 0.2) is 23.3 Å². The molecular weight excluding hydrogens is 540 g/mol.